The molecule has 1 rings (SSSR count). The average Bonchev–Trinajstić information content (AvgIpc) is 2.79. The minimum absolute atomic E-state index is 0.0596. The van der Waals surface area contributed by atoms with Crippen molar-refractivity contribution in [3.63, 3.8) is 0 Å². The molecule has 1 saturated carbocycles. The Hall–Kier alpha value is -1.56. The number of thiol groups is 1. The SMILES string of the molecule is CC(=O)N[C@H]([C@@H](O)[C@@H](O)CO)[C@@H]1[C@H](S)[C@@H](C(=O)O)C[C@H]1N=C(N)N. The lowest BCUT2D eigenvalue weighted by atomic mass is 9.87. The quantitative estimate of drug-likeness (QED) is 0.132. The fourth-order valence-corrected chi connectivity index (χ4v) is 3.71. The van der Waals surface area contributed by atoms with Crippen LogP contribution in [0.4, 0.5) is 0 Å². The standard InChI is InChI=1S/C13H24N4O6S/c1-4(19)16-9(10(21)7(20)3-18)8-6(17-13(14)15)2-5(11(8)24)12(22)23/h5-11,18,20-21,24H,2-3H2,1H3,(H,16,19)(H,22,23)(H4,14,15,17)/t5-,6+,7-,8+,9-,10-,11+/m0/s1. The van der Waals surface area contributed by atoms with E-state index in [1.54, 1.807) is 0 Å². The Bertz CT molecular complexity index is 501. The number of hydrogen-bond acceptors (Lipinski definition) is 7. The molecule has 7 atom stereocenters. The van der Waals surface area contributed by atoms with Gasteiger partial charge in [-0.05, 0) is 6.42 Å². The molecule has 0 radical (unpaired) electrons. The van der Waals surface area contributed by atoms with Crippen molar-refractivity contribution >= 4 is 30.5 Å². The number of carbonyl (C=O) groups excluding carboxylic acids is 1. The highest BCUT2D eigenvalue weighted by Crippen LogP contribution is 2.40. The topological polar surface area (TPSA) is 191 Å². The van der Waals surface area contributed by atoms with Gasteiger partial charge in [-0.2, -0.15) is 12.6 Å². The van der Waals surface area contributed by atoms with Gasteiger partial charge in [-0.1, -0.05) is 0 Å². The number of carbonyl (C=O) groups is 2. The molecule has 1 aliphatic carbocycles. The Morgan fingerprint density at radius 3 is 2.38 bits per heavy atom. The zero-order valence-electron chi connectivity index (χ0n) is 13.1. The number of hydrogen-bond donors (Lipinski definition) is 8. The number of aliphatic hydroxyl groups is 3. The molecule has 0 aliphatic heterocycles. The van der Waals surface area contributed by atoms with E-state index < -0.39 is 59.9 Å². The summed E-state index contributed by atoms with van der Waals surface area (Å²) in [6.45, 7) is 0.467. The second-order valence-electron chi connectivity index (χ2n) is 5.84. The van der Waals surface area contributed by atoms with E-state index in [0.29, 0.717) is 0 Å². The second kappa shape index (κ2) is 8.51. The van der Waals surface area contributed by atoms with Gasteiger partial charge in [-0.25, -0.2) is 4.99 Å². The molecule has 0 aromatic carbocycles. The number of carboxylic acids is 1. The highest BCUT2D eigenvalue weighted by molar-refractivity contribution is 7.81. The van der Waals surface area contributed by atoms with E-state index >= 15 is 0 Å². The minimum Gasteiger partial charge on any atom is -0.481 e. The molecule has 0 unspecified atom stereocenters. The molecule has 0 saturated heterocycles. The number of amides is 1. The number of nitrogens with zero attached hydrogens (tertiary/aromatic N) is 1. The van der Waals surface area contributed by atoms with Crippen LogP contribution >= 0.6 is 12.6 Å². The number of nitrogens with two attached hydrogens (primary N) is 2. The normalized spacial score (nSPS) is 30.2. The molecule has 0 spiro atoms. The summed E-state index contributed by atoms with van der Waals surface area (Å²) >= 11 is 4.32. The molecule has 11 heteroatoms. The lowest BCUT2D eigenvalue weighted by molar-refractivity contribution is -0.141. The lowest BCUT2D eigenvalue weighted by Crippen LogP contribution is -2.56. The van der Waals surface area contributed by atoms with Gasteiger partial charge in [-0.3, -0.25) is 9.59 Å². The van der Waals surface area contributed by atoms with Gasteiger partial charge in [0.05, 0.1) is 24.6 Å². The summed E-state index contributed by atoms with van der Waals surface area (Å²) in [6.07, 6.45) is -3.03. The smallest absolute Gasteiger partial charge is 0.307 e. The van der Waals surface area contributed by atoms with E-state index in [1.165, 1.54) is 6.92 Å². The van der Waals surface area contributed by atoms with Crippen molar-refractivity contribution in [3.05, 3.63) is 0 Å². The number of nitrogens with one attached hydrogen (secondary N) is 1. The van der Waals surface area contributed by atoms with Crippen LogP contribution in [-0.4, -0.2) is 74.4 Å². The van der Waals surface area contributed by atoms with Crippen molar-refractivity contribution in [2.24, 2.45) is 28.3 Å². The summed E-state index contributed by atoms with van der Waals surface area (Å²) in [7, 11) is 0. The first-order valence-electron chi connectivity index (χ1n) is 7.33. The molecule has 0 aromatic heterocycles. The molecular weight excluding hydrogens is 340 g/mol. The number of aliphatic carboxylic acids is 1. The first-order valence-corrected chi connectivity index (χ1v) is 7.85. The minimum atomic E-state index is -1.55. The first kappa shape index (κ1) is 20.5. The first-order chi connectivity index (χ1) is 11.1. The maximum absolute atomic E-state index is 11.5. The predicted molar refractivity (Wildman–Crippen MR) is 88.3 cm³/mol. The maximum atomic E-state index is 11.5. The molecule has 0 bridgehead atoms. The fraction of sp³-hybridized carbons (Fsp3) is 0.769. The monoisotopic (exact) mass is 364 g/mol. The van der Waals surface area contributed by atoms with Gasteiger partial charge in [0, 0.05) is 18.1 Å². The summed E-state index contributed by atoms with van der Waals surface area (Å²) in [4.78, 5) is 26.9. The van der Waals surface area contributed by atoms with E-state index in [0.717, 1.165) is 0 Å². The maximum Gasteiger partial charge on any atom is 0.307 e. The Morgan fingerprint density at radius 1 is 1.38 bits per heavy atom. The Balaban J connectivity index is 3.25. The van der Waals surface area contributed by atoms with Gasteiger partial charge in [0.15, 0.2) is 5.96 Å². The Labute approximate surface area is 144 Å². The lowest BCUT2D eigenvalue weighted by Gasteiger charge is -2.35. The third-order valence-corrected chi connectivity index (χ3v) is 4.82. The van der Waals surface area contributed by atoms with E-state index in [4.69, 9.17) is 16.6 Å². The van der Waals surface area contributed by atoms with Gasteiger partial charge in [0.1, 0.15) is 12.2 Å². The molecular formula is C13H24N4O6S. The van der Waals surface area contributed by atoms with Crippen LogP contribution in [0.1, 0.15) is 13.3 Å². The van der Waals surface area contributed by atoms with Crippen LogP contribution in [0.15, 0.2) is 4.99 Å². The van der Waals surface area contributed by atoms with Gasteiger partial charge < -0.3 is 37.2 Å². The fourth-order valence-electron chi connectivity index (χ4n) is 3.07. The molecule has 1 aliphatic rings. The number of aliphatic hydroxyl groups excluding tert-OH is 3. The molecule has 0 heterocycles. The molecule has 1 amide bonds. The van der Waals surface area contributed by atoms with Gasteiger partial charge >= 0.3 is 5.97 Å². The molecule has 10 nitrogen and oxygen atoms in total. The zero-order chi connectivity index (χ0) is 18.6. The van der Waals surface area contributed by atoms with Crippen LogP contribution in [0.5, 0.6) is 0 Å². The summed E-state index contributed by atoms with van der Waals surface area (Å²) in [5.41, 5.74) is 10.8. The van der Waals surface area contributed by atoms with E-state index in [1.807, 2.05) is 0 Å². The molecule has 138 valence electrons. The van der Waals surface area contributed by atoms with Crippen LogP contribution < -0.4 is 16.8 Å². The number of rotatable bonds is 7. The predicted octanol–water partition coefficient (Wildman–Crippen LogP) is -3.13. The third-order valence-electron chi connectivity index (χ3n) is 4.11. The third kappa shape index (κ3) is 4.72. The van der Waals surface area contributed by atoms with Crippen LogP contribution in [0, 0.1) is 11.8 Å². The summed E-state index contributed by atoms with van der Waals surface area (Å²) < 4.78 is 0. The van der Waals surface area contributed by atoms with Crippen LogP contribution in [0.25, 0.3) is 0 Å². The molecule has 24 heavy (non-hydrogen) atoms. The zero-order valence-corrected chi connectivity index (χ0v) is 14.0. The number of guanidine groups is 1. The van der Waals surface area contributed by atoms with Gasteiger partial charge in [-0.15, -0.1) is 0 Å². The van der Waals surface area contributed by atoms with Crippen molar-refractivity contribution in [2.45, 2.75) is 42.9 Å². The van der Waals surface area contributed by atoms with E-state index in [2.05, 4.69) is 22.9 Å². The van der Waals surface area contributed by atoms with Crippen molar-refractivity contribution in [3.8, 4) is 0 Å². The largest absolute Gasteiger partial charge is 0.481 e. The van der Waals surface area contributed by atoms with Crippen LogP contribution in [-0.2, 0) is 9.59 Å². The van der Waals surface area contributed by atoms with E-state index in [-0.39, 0.29) is 12.4 Å². The van der Waals surface area contributed by atoms with Crippen molar-refractivity contribution in [1.82, 2.24) is 5.32 Å². The molecule has 9 N–H and O–H groups in total. The summed E-state index contributed by atoms with van der Waals surface area (Å²) in [5, 5.41) is 40.0. The van der Waals surface area contributed by atoms with Crippen molar-refractivity contribution in [2.75, 3.05) is 6.61 Å². The highest BCUT2D eigenvalue weighted by Gasteiger charge is 2.51. The van der Waals surface area contributed by atoms with Crippen LogP contribution in [0.2, 0.25) is 0 Å². The van der Waals surface area contributed by atoms with Crippen LogP contribution in [0.3, 0.4) is 0 Å². The second-order valence-corrected chi connectivity index (χ2v) is 6.43. The van der Waals surface area contributed by atoms with Crippen molar-refractivity contribution in [1.29, 1.82) is 0 Å². The van der Waals surface area contributed by atoms with Crippen molar-refractivity contribution < 1.29 is 30.0 Å². The number of aliphatic imine (C=N–C) groups is 1. The molecule has 0 aromatic rings. The highest BCUT2D eigenvalue weighted by atomic mass is 32.1. The van der Waals surface area contributed by atoms with Gasteiger partial charge in [0.2, 0.25) is 5.91 Å². The van der Waals surface area contributed by atoms with Gasteiger partial charge in [0.25, 0.3) is 0 Å². The molecule has 1 fully saturated rings. The average molecular weight is 364 g/mol. The Morgan fingerprint density at radius 2 is 1.96 bits per heavy atom. The number of carboxylic acid groups (broad SMARTS) is 1. The summed E-state index contributed by atoms with van der Waals surface area (Å²) in [6, 6.07) is -1.82. The summed E-state index contributed by atoms with van der Waals surface area (Å²) in [5.74, 6) is -3.55. The Kier molecular flexibility index (Phi) is 7.27. The van der Waals surface area contributed by atoms with E-state index in [9.17, 15) is 24.9 Å².